The van der Waals surface area contributed by atoms with Crippen LogP contribution < -0.4 is 9.80 Å². The fraction of sp³-hybridized carbons (Fsp3) is 0.348. The number of anilines is 2. The molecule has 1 aromatic carbocycles. The van der Waals surface area contributed by atoms with Crippen LogP contribution in [0.5, 0.6) is 0 Å². The van der Waals surface area contributed by atoms with E-state index in [0.29, 0.717) is 13.1 Å². The van der Waals surface area contributed by atoms with E-state index in [4.69, 9.17) is 4.98 Å². The van der Waals surface area contributed by atoms with Crippen LogP contribution in [0.1, 0.15) is 23.2 Å². The SMILES string of the molecule is O=C(c1ccc(-n2cccc2)cc1)N1CCN(c2ccnc(N3CCCC3)n2)CC1. The lowest BCUT2D eigenvalue weighted by atomic mass is 10.1. The second-order valence-electron chi connectivity index (χ2n) is 7.83. The Morgan fingerprint density at radius 1 is 0.800 bits per heavy atom. The van der Waals surface area contributed by atoms with Crippen molar-refractivity contribution < 1.29 is 4.79 Å². The molecular formula is C23H26N6O. The van der Waals surface area contributed by atoms with Crippen molar-refractivity contribution in [1.29, 1.82) is 0 Å². The standard InChI is InChI=1S/C23H26N6O/c30-22(19-5-7-20(8-6-19)26-11-1-2-12-26)28-17-15-27(16-18-28)21-9-10-24-23(25-21)29-13-3-4-14-29/h1-2,5-12H,3-4,13-18H2. The van der Waals surface area contributed by atoms with Crippen LogP contribution in [0.4, 0.5) is 11.8 Å². The Bertz CT molecular complexity index is 987. The van der Waals surface area contributed by atoms with Gasteiger partial charge in [0.05, 0.1) is 0 Å². The molecule has 0 spiro atoms. The van der Waals surface area contributed by atoms with Crippen LogP contribution in [-0.4, -0.2) is 64.6 Å². The number of rotatable bonds is 4. The minimum Gasteiger partial charge on any atom is -0.353 e. The van der Waals surface area contributed by atoms with Gasteiger partial charge in [-0.15, -0.1) is 0 Å². The van der Waals surface area contributed by atoms with E-state index in [1.54, 1.807) is 0 Å². The van der Waals surface area contributed by atoms with E-state index in [-0.39, 0.29) is 5.91 Å². The third kappa shape index (κ3) is 3.75. The van der Waals surface area contributed by atoms with Gasteiger partial charge in [0.25, 0.3) is 5.91 Å². The molecule has 1 amide bonds. The molecule has 2 aliphatic rings. The number of benzene rings is 1. The van der Waals surface area contributed by atoms with Crippen molar-refractivity contribution in [3.05, 3.63) is 66.6 Å². The van der Waals surface area contributed by atoms with Crippen LogP contribution in [0, 0.1) is 0 Å². The van der Waals surface area contributed by atoms with Crippen LogP contribution in [-0.2, 0) is 0 Å². The Morgan fingerprint density at radius 2 is 1.50 bits per heavy atom. The van der Waals surface area contributed by atoms with E-state index in [9.17, 15) is 4.79 Å². The highest BCUT2D eigenvalue weighted by Gasteiger charge is 2.24. The summed E-state index contributed by atoms with van der Waals surface area (Å²) in [5.74, 6) is 1.87. The zero-order chi connectivity index (χ0) is 20.3. The van der Waals surface area contributed by atoms with E-state index < -0.39 is 0 Å². The van der Waals surface area contributed by atoms with Gasteiger partial charge in [0.1, 0.15) is 5.82 Å². The molecule has 30 heavy (non-hydrogen) atoms. The van der Waals surface area contributed by atoms with Crippen molar-refractivity contribution in [2.45, 2.75) is 12.8 Å². The zero-order valence-corrected chi connectivity index (χ0v) is 17.0. The molecule has 4 heterocycles. The van der Waals surface area contributed by atoms with Crippen LogP contribution in [0.15, 0.2) is 61.1 Å². The van der Waals surface area contributed by atoms with Gasteiger partial charge in [0, 0.05) is 69.1 Å². The van der Waals surface area contributed by atoms with Gasteiger partial charge in [-0.3, -0.25) is 4.79 Å². The number of hydrogen-bond acceptors (Lipinski definition) is 5. The Morgan fingerprint density at radius 3 is 2.20 bits per heavy atom. The third-order valence-electron chi connectivity index (χ3n) is 5.92. The maximum absolute atomic E-state index is 12.9. The first kappa shape index (κ1) is 18.7. The molecular weight excluding hydrogens is 376 g/mol. The molecule has 0 unspecified atom stereocenters. The molecule has 5 rings (SSSR count). The zero-order valence-electron chi connectivity index (χ0n) is 17.0. The highest BCUT2D eigenvalue weighted by atomic mass is 16.2. The molecule has 7 nitrogen and oxygen atoms in total. The topological polar surface area (TPSA) is 57.5 Å². The molecule has 0 N–H and O–H groups in total. The van der Waals surface area contributed by atoms with Gasteiger partial charge in [-0.05, 0) is 55.3 Å². The number of carbonyl (C=O) groups excluding carboxylic acids is 1. The summed E-state index contributed by atoms with van der Waals surface area (Å²) in [7, 11) is 0. The van der Waals surface area contributed by atoms with Gasteiger partial charge in [-0.1, -0.05) is 0 Å². The first-order chi connectivity index (χ1) is 14.8. The number of aromatic nitrogens is 3. The van der Waals surface area contributed by atoms with Gasteiger partial charge in [-0.25, -0.2) is 4.98 Å². The molecule has 2 saturated heterocycles. The van der Waals surface area contributed by atoms with Crippen LogP contribution in [0.25, 0.3) is 5.69 Å². The Kier molecular flexibility index (Phi) is 5.09. The van der Waals surface area contributed by atoms with Crippen molar-refractivity contribution in [2.75, 3.05) is 49.1 Å². The smallest absolute Gasteiger partial charge is 0.253 e. The number of piperazine rings is 1. The summed E-state index contributed by atoms with van der Waals surface area (Å²) in [6.07, 6.45) is 8.26. The van der Waals surface area contributed by atoms with Crippen molar-refractivity contribution in [2.24, 2.45) is 0 Å². The third-order valence-corrected chi connectivity index (χ3v) is 5.92. The van der Waals surface area contributed by atoms with Gasteiger partial charge in [-0.2, -0.15) is 4.98 Å². The monoisotopic (exact) mass is 402 g/mol. The normalized spacial score (nSPS) is 16.9. The molecule has 154 valence electrons. The number of carbonyl (C=O) groups is 1. The van der Waals surface area contributed by atoms with Crippen molar-refractivity contribution in [3.8, 4) is 5.69 Å². The Balaban J connectivity index is 1.21. The van der Waals surface area contributed by atoms with Gasteiger partial charge in [0.2, 0.25) is 5.95 Å². The molecule has 3 aromatic rings. The minimum atomic E-state index is 0.0918. The average Bonchev–Trinajstić information content (AvgIpc) is 3.54. The summed E-state index contributed by atoms with van der Waals surface area (Å²) in [5, 5.41) is 0. The lowest BCUT2D eigenvalue weighted by molar-refractivity contribution is 0.0746. The molecule has 0 radical (unpaired) electrons. The molecule has 2 aliphatic heterocycles. The van der Waals surface area contributed by atoms with E-state index in [1.165, 1.54) is 12.8 Å². The summed E-state index contributed by atoms with van der Waals surface area (Å²) < 4.78 is 2.03. The van der Waals surface area contributed by atoms with Crippen molar-refractivity contribution in [1.82, 2.24) is 19.4 Å². The Labute approximate surface area is 176 Å². The Hall–Kier alpha value is -3.35. The molecule has 7 heteroatoms. The highest BCUT2D eigenvalue weighted by molar-refractivity contribution is 5.94. The maximum Gasteiger partial charge on any atom is 0.253 e. The van der Waals surface area contributed by atoms with E-state index in [2.05, 4.69) is 14.8 Å². The van der Waals surface area contributed by atoms with Crippen molar-refractivity contribution in [3.63, 3.8) is 0 Å². The van der Waals surface area contributed by atoms with Gasteiger partial charge in [0.15, 0.2) is 0 Å². The van der Waals surface area contributed by atoms with Crippen LogP contribution in [0.3, 0.4) is 0 Å². The maximum atomic E-state index is 12.9. The molecule has 0 saturated carbocycles. The van der Waals surface area contributed by atoms with Crippen molar-refractivity contribution >= 4 is 17.7 Å². The summed E-state index contributed by atoms with van der Waals surface area (Å²) in [6, 6.07) is 13.8. The largest absolute Gasteiger partial charge is 0.353 e. The fourth-order valence-corrected chi connectivity index (χ4v) is 4.19. The molecule has 0 atom stereocenters. The summed E-state index contributed by atoms with van der Waals surface area (Å²) in [6.45, 7) is 5.03. The van der Waals surface area contributed by atoms with Gasteiger partial charge < -0.3 is 19.3 Å². The fourth-order valence-electron chi connectivity index (χ4n) is 4.19. The van der Waals surface area contributed by atoms with Crippen LogP contribution >= 0.6 is 0 Å². The average molecular weight is 403 g/mol. The summed E-state index contributed by atoms with van der Waals surface area (Å²) in [5.41, 5.74) is 1.79. The van der Waals surface area contributed by atoms with E-state index in [1.807, 2.05) is 70.5 Å². The number of hydrogen-bond donors (Lipinski definition) is 0. The second-order valence-corrected chi connectivity index (χ2v) is 7.83. The van der Waals surface area contributed by atoms with Gasteiger partial charge >= 0.3 is 0 Å². The molecule has 0 bridgehead atoms. The highest BCUT2D eigenvalue weighted by Crippen LogP contribution is 2.20. The summed E-state index contributed by atoms with van der Waals surface area (Å²) in [4.78, 5) is 28.6. The number of amides is 1. The number of nitrogens with zero attached hydrogens (tertiary/aromatic N) is 6. The minimum absolute atomic E-state index is 0.0918. The molecule has 2 aromatic heterocycles. The first-order valence-electron chi connectivity index (χ1n) is 10.6. The predicted octanol–water partition coefficient (Wildman–Crippen LogP) is 2.83. The second kappa shape index (κ2) is 8.18. The summed E-state index contributed by atoms with van der Waals surface area (Å²) >= 11 is 0. The quantitative estimate of drug-likeness (QED) is 0.672. The van der Waals surface area contributed by atoms with E-state index in [0.717, 1.165) is 49.2 Å². The molecule has 2 fully saturated rings. The predicted molar refractivity (Wildman–Crippen MR) is 117 cm³/mol. The lowest BCUT2D eigenvalue weighted by Crippen LogP contribution is -2.49. The van der Waals surface area contributed by atoms with Crippen LogP contribution in [0.2, 0.25) is 0 Å². The molecule has 0 aliphatic carbocycles. The first-order valence-corrected chi connectivity index (χ1v) is 10.6. The van der Waals surface area contributed by atoms with E-state index >= 15 is 0 Å². The lowest BCUT2D eigenvalue weighted by Gasteiger charge is -2.35.